The Balaban J connectivity index is 2.18. The van der Waals surface area contributed by atoms with Gasteiger partial charge in [-0.2, -0.15) is 0 Å². The molecule has 0 radical (unpaired) electrons. The van der Waals surface area contributed by atoms with Crippen LogP contribution in [-0.2, 0) is 16.1 Å². The third-order valence-electron chi connectivity index (χ3n) is 2.83. The fourth-order valence-electron chi connectivity index (χ4n) is 1.94. The number of esters is 1. The fourth-order valence-corrected chi connectivity index (χ4v) is 2.73. The lowest BCUT2D eigenvalue weighted by atomic mass is 10.2. The second-order valence-corrected chi connectivity index (χ2v) is 5.80. The van der Waals surface area contributed by atoms with Gasteiger partial charge >= 0.3 is 5.97 Å². The topological polar surface area (TPSA) is 57.0 Å². The van der Waals surface area contributed by atoms with Crippen LogP contribution in [0.15, 0.2) is 29.4 Å². The third-order valence-corrected chi connectivity index (χ3v) is 3.77. The van der Waals surface area contributed by atoms with Gasteiger partial charge in [-0.25, -0.2) is 4.39 Å². The number of rotatable bonds is 6. The van der Waals surface area contributed by atoms with Crippen LogP contribution >= 0.6 is 11.8 Å². The summed E-state index contributed by atoms with van der Waals surface area (Å²) in [5.74, 6) is -0.0492. The molecule has 0 bridgehead atoms. The maximum Gasteiger partial charge on any atom is 0.316 e. The van der Waals surface area contributed by atoms with Crippen LogP contribution in [0, 0.1) is 5.82 Å². The van der Waals surface area contributed by atoms with Gasteiger partial charge in [-0.3, -0.25) is 4.79 Å². The Hall–Kier alpha value is -1.89. The van der Waals surface area contributed by atoms with Crippen LogP contribution in [0.4, 0.5) is 4.39 Å². The highest BCUT2D eigenvalue weighted by Crippen LogP contribution is 2.25. The summed E-state index contributed by atoms with van der Waals surface area (Å²) in [7, 11) is 0. The van der Waals surface area contributed by atoms with Gasteiger partial charge in [0.15, 0.2) is 11.0 Å². The average Bonchev–Trinajstić information content (AvgIpc) is 2.87. The summed E-state index contributed by atoms with van der Waals surface area (Å²) >= 11 is 1.24. The molecule has 0 aliphatic heterocycles. The first-order chi connectivity index (χ1) is 10.5. The molecule has 22 heavy (non-hydrogen) atoms. The monoisotopic (exact) mass is 323 g/mol. The Labute approximate surface area is 132 Å². The van der Waals surface area contributed by atoms with Crippen molar-refractivity contribution in [2.75, 3.05) is 5.75 Å². The van der Waals surface area contributed by atoms with Gasteiger partial charge in [-0.15, -0.1) is 10.2 Å². The molecule has 7 heteroatoms. The van der Waals surface area contributed by atoms with Crippen molar-refractivity contribution in [2.24, 2.45) is 0 Å². The standard InChI is InChI=1S/C15H18FN3O2S/c1-4-19-14(11-7-5-6-8-12(11)16)17-18-15(19)22-9-13(20)21-10(2)3/h5-8,10H,4,9H2,1-3H3. The molecule has 0 aliphatic rings. The maximum absolute atomic E-state index is 13.9. The maximum atomic E-state index is 13.9. The molecule has 2 rings (SSSR count). The van der Waals surface area contributed by atoms with Crippen LogP contribution in [0.25, 0.3) is 11.4 Å². The van der Waals surface area contributed by atoms with Gasteiger partial charge < -0.3 is 9.30 Å². The molecule has 1 heterocycles. The van der Waals surface area contributed by atoms with Crippen molar-refractivity contribution >= 4 is 17.7 Å². The van der Waals surface area contributed by atoms with E-state index in [1.54, 1.807) is 36.6 Å². The number of halogens is 1. The first-order valence-electron chi connectivity index (χ1n) is 7.03. The summed E-state index contributed by atoms with van der Waals surface area (Å²) < 4.78 is 20.8. The smallest absolute Gasteiger partial charge is 0.316 e. The zero-order valence-corrected chi connectivity index (χ0v) is 13.6. The molecule has 0 atom stereocenters. The van der Waals surface area contributed by atoms with E-state index in [-0.39, 0.29) is 23.6 Å². The van der Waals surface area contributed by atoms with Gasteiger partial charge in [0.1, 0.15) is 5.82 Å². The summed E-state index contributed by atoms with van der Waals surface area (Å²) in [6.07, 6.45) is -0.147. The van der Waals surface area contributed by atoms with Crippen molar-refractivity contribution in [1.82, 2.24) is 14.8 Å². The van der Waals surface area contributed by atoms with Gasteiger partial charge in [0, 0.05) is 6.54 Å². The molecule has 1 aromatic heterocycles. The third kappa shape index (κ3) is 3.85. The lowest BCUT2D eigenvalue weighted by molar-refractivity contribution is -0.144. The zero-order valence-electron chi connectivity index (χ0n) is 12.7. The Morgan fingerprint density at radius 1 is 1.36 bits per heavy atom. The van der Waals surface area contributed by atoms with Crippen LogP contribution in [0.2, 0.25) is 0 Å². The Kier molecular flexibility index (Phi) is 5.54. The highest BCUT2D eigenvalue weighted by molar-refractivity contribution is 7.99. The quantitative estimate of drug-likeness (QED) is 0.604. The minimum absolute atomic E-state index is 0.146. The van der Waals surface area contributed by atoms with Crippen LogP contribution in [0.5, 0.6) is 0 Å². The van der Waals surface area contributed by atoms with Crippen molar-refractivity contribution in [2.45, 2.75) is 38.6 Å². The number of ether oxygens (including phenoxy) is 1. The van der Waals surface area contributed by atoms with Crippen molar-refractivity contribution in [1.29, 1.82) is 0 Å². The predicted molar refractivity (Wildman–Crippen MR) is 83.0 cm³/mol. The molecule has 0 aliphatic carbocycles. The van der Waals surface area contributed by atoms with Crippen LogP contribution in [0.3, 0.4) is 0 Å². The minimum atomic E-state index is -0.347. The lowest BCUT2D eigenvalue weighted by Gasteiger charge is -2.09. The first kappa shape index (κ1) is 16.5. The summed E-state index contributed by atoms with van der Waals surface area (Å²) in [6.45, 7) is 6.10. The average molecular weight is 323 g/mol. The summed E-state index contributed by atoms with van der Waals surface area (Å²) in [5, 5.41) is 8.68. The highest BCUT2D eigenvalue weighted by Gasteiger charge is 2.17. The number of hydrogen-bond acceptors (Lipinski definition) is 5. The first-order valence-corrected chi connectivity index (χ1v) is 8.01. The van der Waals surface area contributed by atoms with Crippen molar-refractivity contribution in [3.8, 4) is 11.4 Å². The molecule has 0 spiro atoms. The van der Waals surface area contributed by atoms with Crippen LogP contribution in [0.1, 0.15) is 20.8 Å². The van der Waals surface area contributed by atoms with Crippen molar-refractivity contribution in [3.05, 3.63) is 30.1 Å². The summed E-state index contributed by atoms with van der Waals surface area (Å²) in [5.41, 5.74) is 0.397. The van der Waals surface area contributed by atoms with Crippen molar-refractivity contribution < 1.29 is 13.9 Å². The summed E-state index contributed by atoms with van der Waals surface area (Å²) in [6, 6.07) is 6.42. The molecular formula is C15H18FN3O2S. The molecule has 0 saturated heterocycles. The van der Waals surface area contributed by atoms with E-state index in [9.17, 15) is 9.18 Å². The number of aromatic nitrogens is 3. The largest absolute Gasteiger partial charge is 0.462 e. The molecule has 5 nitrogen and oxygen atoms in total. The fraction of sp³-hybridized carbons (Fsp3) is 0.400. The molecule has 0 saturated carbocycles. The van der Waals surface area contributed by atoms with E-state index < -0.39 is 0 Å². The van der Waals surface area contributed by atoms with Gasteiger partial charge in [0.25, 0.3) is 0 Å². The number of nitrogens with zero attached hydrogens (tertiary/aromatic N) is 3. The molecule has 2 aromatic rings. The van der Waals surface area contributed by atoms with Crippen LogP contribution < -0.4 is 0 Å². The number of thioether (sulfide) groups is 1. The molecule has 0 unspecified atom stereocenters. The molecule has 0 N–H and O–H groups in total. The molecular weight excluding hydrogens is 305 g/mol. The molecule has 1 aromatic carbocycles. The second-order valence-electron chi connectivity index (χ2n) is 4.86. The van der Waals surface area contributed by atoms with Gasteiger partial charge in [-0.05, 0) is 32.9 Å². The van der Waals surface area contributed by atoms with Crippen molar-refractivity contribution in [3.63, 3.8) is 0 Å². The second kappa shape index (κ2) is 7.40. The van der Waals surface area contributed by atoms with E-state index in [2.05, 4.69) is 10.2 Å². The highest BCUT2D eigenvalue weighted by atomic mass is 32.2. The number of hydrogen-bond donors (Lipinski definition) is 0. The zero-order chi connectivity index (χ0) is 16.1. The minimum Gasteiger partial charge on any atom is -0.462 e. The van der Waals surface area contributed by atoms with Crippen LogP contribution in [-0.4, -0.2) is 32.6 Å². The number of benzene rings is 1. The Bertz CT molecular complexity index is 658. The normalized spacial score (nSPS) is 11.0. The van der Waals surface area contributed by atoms with E-state index >= 15 is 0 Å². The molecule has 0 amide bonds. The van der Waals surface area contributed by atoms with Gasteiger partial charge in [0.05, 0.1) is 17.4 Å². The Morgan fingerprint density at radius 3 is 2.73 bits per heavy atom. The van der Waals surface area contributed by atoms with Gasteiger partial charge in [0.2, 0.25) is 0 Å². The SMILES string of the molecule is CCn1c(SCC(=O)OC(C)C)nnc1-c1ccccc1F. The van der Waals surface area contributed by atoms with E-state index in [4.69, 9.17) is 4.74 Å². The van der Waals surface area contributed by atoms with E-state index in [0.717, 1.165) is 0 Å². The van der Waals surface area contributed by atoms with E-state index in [1.807, 2.05) is 6.92 Å². The van der Waals surface area contributed by atoms with E-state index in [1.165, 1.54) is 17.8 Å². The lowest BCUT2D eigenvalue weighted by Crippen LogP contribution is -2.13. The molecule has 118 valence electrons. The number of carbonyl (C=O) groups excluding carboxylic acids is 1. The van der Waals surface area contributed by atoms with E-state index in [0.29, 0.717) is 23.1 Å². The summed E-state index contributed by atoms with van der Waals surface area (Å²) in [4.78, 5) is 11.6. The van der Waals surface area contributed by atoms with Gasteiger partial charge in [-0.1, -0.05) is 23.9 Å². The molecule has 0 fully saturated rings. The number of carbonyl (C=O) groups is 1. The predicted octanol–water partition coefficient (Wildman–Crippen LogP) is 3.15. The Morgan fingerprint density at radius 2 is 2.09 bits per heavy atom.